The summed E-state index contributed by atoms with van der Waals surface area (Å²) < 4.78 is 38.1. The van der Waals surface area contributed by atoms with Gasteiger partial charge in [-0.2, -0.15) is 13.2 Å². The molecule has 0 bridgehead atoms. The number of anilines is 1. The van der Waals surface area contributed by atoms with E-state index >= 15 is 0 Å². The summed E-state index contributed by atoms with van der Waals surface area (Å²) in [6.45, 7) is 4.22. The van der Waals surface area contributed by atoms with Crippen LogP contribution in [0.5, 0.6) is 0 Å². The third-order valence-electron chi connectivity index (χ3n) is 3.19. The Hall–Kier alpha value is -0.710. The summed E-state index contributed by atoms with van der Waals surface area (Å²) in [7, 11) is 0. The second-order valence-electron chi connectivity index (χ2n) is 5.09. The Morgan fingerprint density at radius 1 is 1.20 bits per heavy atom. The van der Waals surface area contributed by atoms with Crippen LogP contribution in [0.25, 0.3) is 0 Å². The van der Waals surface area contributed by atoms with Crippen LogP contribution < -0.4 is 5.32 Å². The highest BCUT2D eigenvalue weighted by molar-refractivity contribution is 9.10. The Bertz CT molecular complexity index is 418. The van der Waals surface area contributed by atoms with Crippen LogP contribution in [0.3, 0.4) is 0 Å². The van der Waals surface area contributed by atoms with Crippen LogP contribution in [0, 0.1) is 0 Å². The largest absolute Gasteiger partial charge is 0.416 e. The molecule has 0 heterocycles. The summed E-state index contributed by atoms with van der Waals surface area (Å²) in [5, 5.41) is 3.25. The van der Waals surface area contributed by atoms with E-state index in [9.17, 15) is 13.2 Å². The van der Waals surface area contributed by atoms with Crippen molar-refractivity contribution in [3.05, 3.63) is 28.2 Å². The SMILES string of the molecule is CCCCCCC(C)Nc1ccc(C(F)(F)F)cc1Br. The molecule has 20 heavy (non-hydrogen) atoms. The van der Waals surface area contributed by atoms with E-state index in [1.54, 1.807) is 0 Å². The van der Waals surface area contributed by atoms with Crippen LogP contribution in [0.15, 0.2) is 22.7 Å². The molecule has 1 aromatic carbocycles. The Labute approximate surface area is 127 Å². The van der Waals surface area contributed by atoms with E-state index in [1.807, 2.05) is 0 Å². The van der Waals surface area contributed by atoms with Gasteiger partial charge in [-0.15, -0.1) is 0 Å². The maximum atomic E-state index is 12.6. The molecule has 0 aliphatic rings. The highest BCUT2D eigenvalue weighted by atomic mass is 79.9. The average molecular weight is 352 g/mol. The smallest absolute Gasteiger partial charge is 0.382 e. The highest BCUT2D eigenvalue weighted by Crippen LogP contribution is 2.34. The highest BCUT2D eigenvalue weighted by Gasteiger charge is 2.30. The number of alkyl halides is 3. The minimum atomic E-state index is -4.30. The van der Waals surface area contributed by atoms with Gasteiger partial charge < -0.3 is 5.32 Å². The molecule has 1 nitrogen and oxygen atoms in total. The predicted octanol–water partition coefficient (Wildman–Crippen LogP) is 6.24. The summed E-state index contributed by atoms with van der Waals surface area (Å²) in [4.78, 5) is 0. The van der Waals surface area contributed by atoms with E-state index in [2.05, 4.69) is 35.1 Å². The van der Waals surface area contributed by atoms with E-state index in [0.29, 0.717) is 10.2 Å². The zero-order valence-corrected chi connectivity index (χ0v) is 13.4. The second-order valence-corrected chi connectivity index (χ2v) is 5.94. The predicted molar refractivity (Wildman–Crippen MR) is 81.0 cm³/mol. The van der Waals surface area contributed by atoms with Crippen molar-refractivity contribution >= 4 is 21.6 Å². The molecule has 0 amide bonds. The van der Waals surface area contributed by atoms with Gasteiger partial charge in [0.2, 0.25) is 0 Å². The van der Waals surface area contributed by atoms with Gasteiger partial charge in [0.05, 0.1) is 5.56 Å². The van der Waals surface area contributed by atoms with Crippen LogP contribution >= 0.6 is 15.9 Å². The van der Waals surface area contributed by atoms with Crippen LogP contribution in [0.4, 0.5) is 18.9 Å². The lowest BCUT2D eigenvalue weighted by Crippen LogP contribution is -2.15. The van der Waals surface area contributed by atoms with Crippen LogP contribution in [-0.4, -0.2) is 6.04 Å². The lowest BCUT2D eigenvalue weighted by atomic mass is 10.1. The van der Waals surface area contributed by atoms with Crippen molar-refractivity contribution in [1.29, 1.82) is 0 Å². The molecule has 1 unspecified atom stereocenters. The number of benzene rings is 1. The molecule has 0 saturated carbocycles. The van der Waals surface area contributed by atoms with Gasteiger partial charge in [0, 0.05) is 16.2 Å². The van der Waals surface area contributed by atoms with Crippen LogP contribution in [-0.2, 0) is 6.18 Å². The monoisotopic (exact) mass is 351 g/mol. The fraction of sp³-hybridized carbons (Fsp3) is 0.600. The van der Waals surface area contributed by atoms with Crippen molar-refractivity contribution in [2.75, 3.05) is 5.32 Å². The van der Waals surface area contributed by atoms with Gasteiger partial charge in [-0.05, 0) is 47.5 Å². The minimum absolute atomic E-state index is 0.250. The van der Waals surface area contributed by atoms with E-state index in [0.717, 1.165) is 25.0 Å². The van der Waals surface area contributed by atoms with Crippen molar-refractivity contribution in [3.63, 3.8) is 0 Å². The van der Waals surface area contributed by atoms with Gasteiger partial charge >= 0.3 is 6.18 Å². The molecular weight excluding hydrogens is 331 g/mol. The van der Waals surface area contributed by atoms with Crippen molar-refractivity contribution in [1.82, 2.24) is 0 Å². The maximum Gasteiger partial charge on any atom is 0.416 e. The fourth-order valence-electron chi connectivity index (χ4n) is 2.02. The van der Waals surface area contributed by atoms with Gasteiger partial charge in [0.25, 0.3) is 0 Å². The number of hydrogen-bond acceptors (Lipinski definition) is 1. The van der Waals surface area contributed by atoms with Crippen molar-refractivity contribution in [3.8, 4) is 0 Å². The maximum absolute atomic E-state index is 12.6. The van der Waals surface area contributed by atoms with Gasteiger partial charge in [-0.25, -0.2) is 0 Å². The van der Waals surface area contributed by atoms with Gasteiger partial charge in [0.15, 0.2) is 0 Å². The third kappa shape index (κ3) is 5.73. The number of rotatable bonds is 7. The molecule has 5 heteroatoms. The lowest BCUT2D eigenvalue weighted by Gasteiger charge is -2.17. The molecule has 0 radical (unpaired) electrons. The molecule has 1 atom stereocenters. The molecule has 0 spiro atoms. The Kier molecular flexibility index (Phi) is 6.86. The van der Waals surface area contributed by atoms with Crippen LogP contribution in [0.1, 0.15) is 51.5 Å². The zero-order valence-electron chi connectivity index (χ0n) is 11.9. The number of nitrogens with one attached hydrogen (secondary N) is 1. The summed E-state index contributed by atoms with van der Waals surface area (Å²) in [6.07, 6.45) is 1.50. The van der Waals surface area contributed by atoms with Gasteiger partial charge in [-0.3, -0.25) is 0 Å². The topological polar surface area (TPSA) is 12.0 Å². The Morgan fingerprint density at radius 2 is 1.90 bits per heavy atom. The molecule has 0 aliphatic carbocycles. The summed E-state index contributed by atoms with van der Waals surface area (Å²) in [6, 6.07) is 3.96. The summed E-state index contributed by atoms with van der Waals surface area (Å²) >= 11 is 3.20. The molecule has 1 N–H and O–H groups in total. The van der Waals surface area contributed by atoms with E-state index in [1.165, 1.54) is 25.3 Å². The van der Waals surface area contributed by atoms with Crippen LogP contribution in [0.2, 0.25) is 0 Å². The first-order chi connectivity index (χ1) is 9.34. The molecule has 0 aliphatic heterocycles. The van der Waals surface area contributed by atoms with E-state index < -0.39 is 11.7 Å². The van der Waals surface area contributed by atoms with E-state index in [-0.39, 0.29) is 6.04 Å². The van der Waals surface area contributed by atoms with E-state index in [4.69, 9.17) is 0 Å². The molecular formula is C15H21BrF3N. The van der Waals surface area contributed by atoms with Crippen molar-refractivity contribution in [2.24, 2.45) is 0 Å². The first-order valence-electron chi connectivity index (χ1n) is 6.98. The van der Waals surface area contributed by atoms with Gasteiger partial charge in [0.1, 0.15) is 0 Å². The number of hydrogen-bond donors (Lipinski definition) is 1. The minimum Gasteiger partial charge on any atom is -0.382 e. The lowest BCUT2D eigenvalue weighted by molar-refractivity contribution is -0.137. The molecule has 0 aromatic heterocycles. The normalized spacial score (nSPS) is 13.3. The summed E-state index contributed by atoms with van der Waals surface area (Å²) in [5.74, 6) is 0. The zero-order chi connectivity index (χ0) is 15.2. The quantitative estimate of drug-likeness (QED) is 0.573. The first kappa shape index (κ1) is 17.3. The molecule has 114 valence electrons. The molecule has 1 aromatic rings. The fourth-order valence-corrected chi connectivity index (χ4v) is 2.52. The summed E-state index contributed by atoms with van der Waals surface area (Å²) in [5.41, 5.74) is 0.0755. The first-order valence-corrected chi connectivity index (χ1v) is 7.77. The van der Waals surface area contributed by atoms with Crippen molar-refractivity contribution in [2.45, 2.75) is 58.2 Å². The third-order valence-corrected chi connectivity index (χ3v) is 3.85. The molecule has 1 rings (SSSR count). The molecule has 0 saturated heterocycles. The van der Waals surface area contributed by atoms with Crippen molar-refractivity contribution < 1.29 is 13.2 Å². The standard InChI is InChI=1S/C15H21BrF3N/c1-3-4-5-6-7-11(2)20-14-9-8-12(10-13(14)16)15(17,18)19/h8-11,20H,3-7H2,1-2H3. The average Bonchev–Trinajstić information content (AvgIpc) is 2.36. The molecule has 0 fully saturated rings. The van der Waals surface area contributed by atoms with Gasteiger partial charge in [-0.1, -0.05) is 32.6 Å². The number of unbranched alkanes of at least 4 members (excludes halogenated alkanes) is 3. The Morgan fingerprint density at radius 3 is 2.45 bits per heavy atom. The number of halogens is 4. The Balaban J connectivity index is 2.56. The second kappa shape index (κ2) is 7.91.